The SMILES string of the molecule is CN(Cc1ccccc1-n1cccn1)C(=O)c1ccc([C@@H]2CCCO2)s1. The summed E-state index contributed by atoms with van der Waals surface area (Å²) in [6, 6.07) is 13.9. The van der Waals surface area contributed by atoms with Crippen LogP contribution in [0.15, 0.2) is 54.9 Å². The number of carbonyl (C=O) groups excluding carboxylic acids is 1. The average molecular weight is 367 g/mol. The van der Waals surface area contributed by atoms with Crippen LogP contribution >= 0.6 is 11.3 Å². The molecule has 1 amide bonds. The maximum Gasteiger partial charge on any atom is 0.263 e. The summed E-state index contributed by atoms with van der Waals surface area (Å²) in [5.74, 6) is 0.0366. The van der Waals surface area contributed by atoms with Crippen LogP contribution in [0, 0.1) is 0 Å². The van der Waals surface area contributed by atoms with Gasteiger partial charge < -0.3 is 9.64 Å². The van der Waals surface area contributed by atoms with Crippen LogP contribution in [-0.4, -0.2) is 34.2 Å². The van der Waals surface area contributed by atoms with Crippen LogP contribution < -0.4 is 0 Å². The molecular weight excluding hydrogens is 346 g/mol. The van der Waals surface area contributed by atoms with Crippen molar-refractivity contribution >= 4 is 17.2 Å². The lowest BCUT2D eigenvalue weighted by Gasteiger charge is -2.18. The molecule has 1 fully saturated rings. The molecule has 1 aliphatic rings. The monoisotopic (exact) mass is 367 g/mol. The average Bonchev–Trinajstić information content (AvgIpc) is 3.43. The number of aromatic nitrogens is 2. The fourth-order valence-corrected chi connectivity index (χ4v) is 4.32. The minimum Gasteiger partial charge on any atom is -0.373 e. The molecule has 3 heterocycles. The molecule has 134 valence electrons. The van der Waals surface area contributed by atoms with Crippen LogP contribution in [-0.2, 0) is 11.3 Å². The molecule has 1 aliphatic heterocycles. The van der Waals surface area contributed by atoms with E-state index in [1.165, 1.54) is 0 Å². The molecule has 26 heavy (non-hydrogen) atoms. The molecule has 0 radical (unpaired) electrons. The molecule has 0 bridgehead atoms. The Hall–Kier alpha value is -2.44. The van der Waals surface area contributed by atoms with Gasteiger partial charge in [-0.3, -0.25) is 4.79 Å². The molecular formula is C20H21N3O2S. The topological polar surface area (TPSA) is 47.4 Å². The number of para-hydroxylation sites is 1. The van der Waals surface area contributed by atoms with Gasteiger partial charge in [0.05, 0.1) is 16.7 Å². The Morgan fingerprint density at radius 3 is 2.96 bits per heavy atom. The molecule has 0 unspecified atom stereocenters. The van der Waals surface area contributed by atoms with Gasteiger partial charge in [-0.1, -0.05) is 18.2 Å². The van der Waals surface area contributed by atoms with Crippen LogP contribution in [0.3, 0.4) is 0 Å². The van der Waals surface area contributed by atoms with Gasteiger partial charge in [0, 0.05) is 37.5 Å². The first kappa shape index (κ1) is 17.0. The minimum absolute atomic E-state index is 0.0366. The van der Waals surface area contributed by atoms with Crippen molar-refractivity contribution in [2.75, 3.05) is 13.7 Å². The Balaban J connectivity index is 1.50. The molecule has 1 aromatic carbocycles. The lowest BCUT2D eigenvalue weighted by atomic mass is 10.1. The molecule has 6 heteroatoms. The maximum atomic E-state index is 12.8. The number of hydrogen-bond donors (Lipinski definition) is 0. The van der Waals surface area contributed by atoms with Crippen molar-refractivity contribution in [2.45, 2.75) is 25.5 Å². The lowest BCUT2D eigenvalue weighted by Crippen LogP contribution is -2.26. The van der Waals surface area contributed by atoms with E-state index in [-0.39, 0.29) is 12.0 Å². The van der Waals surface area contributed by atoms with Gasteiger partial charge in [-0.2, -0.15) is 5.10 Å². The third-order valence-electron chi connectivity index (χ3n) is 4.58. The quantitative estimate of drug-likeness (QED) is 0.683. The summed E-state index contributed by atoms with van der Waals surface area (Å²) in [4.78, 5) is 16.5. The van der Waals surface area contributed by atoms with Crippen LogP contribution in [0.2, 0.25) is 0 Å². The lowest BCUT2D eigenvalue weighted by molar-refractivity contribution is 0.0790. The second-order valence-corrected chi connectivity index (χ2v) is 7.56. The zero-order valence-electron chi connectivity index (χ0n) is 14.7. The number of benzene rings is 1. The molecule has 4 rings (SSSR count). The van der Waals surface area contributed by atoms with Crippen molar-refractivity contribution < 1.29 is 9.53 Å². The van der Waals surface area contributed by atoms with E-state index in [1.807, 2.05) is 60.4 Å². The van der Waals surface area contributed by atoms with Gasteiger partial charge in [0.15, 0.2) is 0 Å². The standard InChI is InChI=1S/C20H21N3O2S/c1-22(14-15-6-2-3-7-16(15)23-12-5-11-21-23)20(24)19-10-9-18(26-19)17-8-4-13-25-17/h2-3,5-7,9-12,17H,4,8,13-14H2,1H3/t17-/m0/s1. The highest BCUT2D eigenvalue weighted by Crippen LogP contribution is 2.33. The van der Waals surface area contributed by atoms with E-state index in [2.05, 4.69) is 5.10 Å². The van der Waals surface area contributed by atoms with Crippen molar-refractivity contribution in [3.05, 3.63) is 70.2 Å². The molecule has 5 nitrogen and oxygen atoms in total. The number of amides is 1. The van der Waals surface area contributed by atoms with Gasteiger partial charge in [-0.15, -0.1) is 11.3 Å². The van der Waals surface area contributed by atoms with E-state index in [4.69, 9.17) is 4.74 Å². The van der Waals surface area contributed by atoms with Gasteiger partial charge in [0.2, 0.25) is 0 Å². The number of thiophene rings is 1. The minimum atomic E-state index is 0.0366. The smallest absolute Gasteiger partial charge is 0.263 e. The van der Waals surface area contributed by atoms with Crippen molar-refractivity contribution in [3.8, 4) is 5.69 Å². The van der Waals surface area contributed by atoms with Crippen molar-refractivity contribution in [3.63, 3.8) is 0 Å². The molecule has 1 atom stereocenters. The summed E-state index contributed by atoms with van der Waals surface area (Å²) in [5.41, 5.74) is 2.05. The summed E-state index contributed by atoms with van der Waals surface area (Å²) in [7, 11) is 1.84. The van der Waals surface area contributed by atoms with Crippen molar-refractivity contribution in [1.82, 2.24) is 14.7 Å². The van der Waals surface area contributed by atoms with E-state index in [0.29, 0.717) is 6.54 Å². The van der Waals surface area contributed by atoms with Gasteiger partial charge in [0.1, 0.15) is 0 Å². The number of nitrogens with zero attached hydrogens (tertiary/aromatic N) is 3. The summed E-state index contributed by atoms with van der Waals surface area (Å²) in [6.07, 6.45) is 5.96. The van der Waals surface area contributed by atoms with Crippen LogP contribution in [0.25, 0.3) is 5.69 Å². The summed E-state index contributed by atoms with van der Waals surface area (Å²) in [5, 5.41) is 4.31. The van der Waals surface area contributed by atoms with Gasteiger partial charge >= 0.3 is 0 Å². The largest absolute Gasteiger partial charge is 0.373 e. The first-order chi connectivity index (χ1) is 12.7. The first-order valence-corrected chi connectivity index (χ1v) is 9.59. The van der Waals surface area contributed by atoms with Gasteiger partial charge in [-0.05, 0) is 42.7 Å². The predicted molar refractivity (Wildman–Crippen MR) is 102 cm³/mol. The molecule has 0 spiro atoms. The normalized spacial score (nSPS) is 16.7. The molecule has 0 saturated carbocycles. The summed E-state index contributed by atoms with van der Waals surface area (Å²) < 4.78 is 7.55. The van der Waals surface area contributed by atoms with Crippen LogP contribution in [0.5, 0.6) is 0 Å². The molecule has 2 aromatic heterocycles. The zero-order chi connectivity index (χ0) is 17.9. The Labute approximate surface area is 156 Å². The number of ether oxygens (including phenoxy) is 1. The van der Waals surface area contributed by atoms with Crippen molar-refractivity contribution in [1.29, 1.82) is 0 Å². The van der Waals surface area contributed by atoms with E-state index < -0.39 is 0 Å². The Morgan fingerprint density at radius 1 is 1.31 bits per heavy atom. The highest BCUT2D eigenvalue weighted by atomic mass is 32.1. The maximum absolute atomic E-state index is 12.8. The molecule has 3 aromatic rings. The number of hydrogen-bond acceptors (Lipinski definition) is 4. The summed E-state index contributed by atoms with van der Waals surface area (Å²) >= 11 is 1.55. The van der Waals surface area contributed by atoms with Gasteiger partial charge in [-0.25, -0.2) is 4.68 Å². The third-order valence-corrected chi connectivity index (χ3v) is 5.75. The first-order valence-electron chi connectivity index (χ1n) is 8.77. The van der Waals surface area contributed by atoms with Crippen LogP contribution in [0.1, 0.15) is 39.1 Å². The van der Waals surface area contributed by atoms with Crippen LogP contribution in [0.4, 0.5) is 0 Å². The molecule has 0 N–H and O–H groups in total. The van der Waals surface area contributed by atoms with E-state index in [9.17, 15) is 4.79 Å². The third kappa shape index (κ3) is 3.43. The van der Waals surface area contributed by atoms with Crippen molar-refractivity contribution in [2.24, 2.45) is 0 Å². The predicted octanol–water partition coefficient (Wildman–Crippen LogP) is 4.06. The van der Waals surface area contributed by atoms with Gasteiger partial charge in [0.25, 0.3) is 5.91 Å². The second kappa shape index (κ2) is 7.43. The highest BCUT2D eigenvalue weighted by molar-refractivity contribution is 7.14. The van der Waals surface area contributed by atoms with E-state index in [1.54, 1.807) is 22.4 Å². The number of rotatable bonds is 5. The fraction of sp³-hybridized carbons (Fsp3) is 0.300. The Morgan fingerprint density at radius 2 is 2.19 bits per heavy atom. The molecule has 0 aliphatic carbocycles. The fourth-order valence-electron chi connectivity index (χ4n) is 3.24. The van der Waals surface area contributed by atoms with E-state index in [0.717, 1.165) is 40.5 Å². The Bertz CT molecular complexity index is 882. The molecule has 1 saturated heterocycles. The highest BCUT2D eigenvalue weighted by Gasteiger charge is 2.22. The zero-order valence-corrected chi connectivity index (χ0v) is 15.5. The summed E-state index contributed by atoms with van der Waals surface area (Å²) in [6.45, 7) is 1.35. The Kier molecular flexibility index (Phi) is 4.86. The number of carbonyl (C=O) groups is 1. The van der Waals surface area contributed by atoms with E-state index >= 15 is 0 Å². The second-order valence-electron chi connectivity index (χ2n) is 6.44.